The van der Waals surface area contributed by atoms with Gasteiger partial charge in [-0.3, -0.25) is 4.79 Å². The summed E-state index contributed by atoms with van der Waals surface area (Å²) in [4.78, 5) is 12.3. The summed E-state index contributed by atoms with van der Waals surface area (Å²) in [5.41, 5.74) is 0. The van der Waals surface area contributed by atoms with Gasteiger partial charge in [-0.25, -0.2) is 0 Å². The first-order valence-corrected chi connectivity index (χ1v) is 17.5. The molecule has 0 aromatic rings. The van der Waals surface area contributed by atoms with Crippen LogP contribution >= 0.6 is 0 Å². The Labute approximate surface area is 249 Å². The van der Waals surface area contributed by atoms with Crippen LogP contribution in [0.15, 0.2) is 12.2 Å². The second-order valence-electron chi connectivity index (χ2n) is 12.1. The van der Waals surface area contributed by atoms with Gasteiger partial charge in [-0.2, -0.15) is 0 Å². The molecule has 0 heterocycles. The molecule has 0 saturated heterocycles. The van der Waals surface area contributed by atoms with E-state index in [4.69, 9.17) is 0 Å². The van der Waals surface area contributed by atoms with Crippen molar-refractivity contribution in [3.8, 4) is 0 Å². The number of allylic oxidation sites excluding steroid dienone is 1. The molecule has 40 heavy (non-hydrogen) atoms. The number of hydrogen-bond donors (Lipinski definition) is 4. The molecular formula is C35H69NO4. The Bertz CT molecular complexity index is 554. The van der Waals surface area contributed by atoms with Gasteiger partial charge in [0, 0.05) is 0 Å². The van der Waals surface area contributed by atoms with E-state index in [2.05, 4.69) is 19.2 Å². The van der Waals surface area contributed by atoms with Gasteiger partial charge in [0.1, 0.15) is 0 Å². The number of carbonyl (C=O) groups excluding carboxylic acids is 1. The van der Waals surface area contributed by atoms with Gasteiger partial charge in [0.2, 0.25) is 5.91 Å². The van der Waals surface area contributed by atoms with Gasteiger partial charge in [-0.05, 0) is 19.3 Å². The van der Waals surface area contributed by atoms with E-state index in [0.29, 0.717) is 6.42 Å². The van der Waals surface area contributed by atoms with Crippen molar-refractivity contribution >= 4 is 5.91 Å². The van der Waals surface area contributed by atoms with E-state index in [1.807, 2.05) is 6.08 Å². The van der Waals surface area contributed by atoms with E-state index in [1.54, 1.807) is 6.08 Å². The Morgan fingerprint density at radius 1 is 0.625 bits per heavy atom. The van der Waals surface area contributed by atoms with Crippen molar-refractivity contribution in [3.63, 3.8) is 0 Å². The Morgan fingerprint density at radius 2 is 1.02 bits per heavy atom. The fourth-order valence-corrected chi connectivity index (χ4v) is 5.34. The molecule has 0 fully saturated rings. The van der Waals surface area contributed by atoms with Crippen LogP contribution in [0.5, 0.6) is 0 Å². The van der Waals surface area contributed by atoms with Gasteiger partial charge in [0.05, 0.1) is 31.3 Å². The number of rotatable bonds is 31. The molecule has 0 saturated carbocycles. The summed E-state index contributed by atoms with van der Waals surface area (Å²) in [6.07, 6.45) is 33.3. The molecule has 0 rings (SSSR count). The van der Waals surface area contributed by atoms with Crippen LogP contribution in [0.3, 0.4) is 0 Å². The maximum Gasteiger partial charge on any atom is 0.222 e. The van der Waals surface area contributed by atoms with E-state index in [1.165, 1.54) is 128 Å². The highest BCUT2D eigenvalue weighted by atomic mass is 16.3. The van der Waals surface area contributed by atoms with Crippen molar-refractivity contribution in [3.05, 3.63) is 12.2 Å². The molecule has 5 nitrogen and oxygen atoms in total. The third-order valence-corrected chi connectivity index (χ3v) is 8.07. The first kappa shape index (κ1) is 39.1. The van der Waals surface area contributed by atoms with Crippen LogP contribution in [-0.2, 0) is 4.79 Å². The predicted molar refractivity (Wildman–Crippen MR) is 172 cm³/mol. The molecule has 0 aromatic carbocycles. The Morgan fingerprint density at radius 3 is 1.45 bits per heavy atom. The summed E-state index contributed by atoms with van der Waals surface area (Å²) in [5, 5.41) is 32.9. The Balaban J connectivity index is 3.73. The van der Waals surface area contributed by atoms with Crippen LogP contribution in [-0.4, -0.2) is 46.1 Å². The molecular weight excluding hydrogens is 498 g/mol. The van der Waals surface area contributed by atoms with Crippen LogP contribution < -0.4 is 5.32 Å². The van der Waals surface area contributed by atoms with Crippen molar-refractivity contribution in [2.45, 2.75) is 199 Å². The molecule has 0 bridgehead atoms. The summed E-state index contributed by atoms with van der Waals surface area (Å²) in [6.45, 7) is 4.18. The highest BCUT2D eigenvalue weighted by Gasteiger charge is 2.20. The van der Waals surface area contributed by atoms with Gasteiger partial charge >= 0.3 is 0 Å². The minimum Gasteiger partial charge on any atom is -0.394 e. The number of hydrogen-bond acceptors (Lipinski definition) is 4. The number of amides is 1. The minimum atomic E-state index is -0.921. The first-order chi connectivity index (χ1) is 19.5. The van der Waals surface area contributed by atoms with Crippen LogP contribution in [0.25, 0.3) is 0 Å². The van der Waals surface area contributed by atoms with E-state index in [9.17, 15) is 20.1 Å². The predicted octanol–water partition coefficient (Wildman–Crippen LogP) is 8.92. The van der Waals surface area contributed by atoms with Gasteiger partial charge in [-0.1, -0.05) is 167 Å². The highest BCUT2D eigenvalue weighted by Crippen LogP contribution is 2.15. The zero-order chi connectivity index (χ0) is 29.5. The van der Waals surface area contributed by atoms with Crippen molar-refractivity contribution in [1.82, 2.24) is 5.32 Å². The van der Waals surface area contributed by atoms with Crippen molar-refractivity contribution in [2.75, 3.05) is 6.61 Å². The summed E-state index contributed by atoms with van der Waals surface area (Å²) < 4.78 is 0. The van der Waals surface area contributed by atoms with Gasteiger partial charge in [0.15, 0.2) is 0 Å². The van der Waals surface area contributed by atoms with E-state index >= 15 is 0 Å². The molecule has 4 N–H and O–H groups in total. The van der Waals surface area contributed by atoms with Crippen molar-refractivity contribution < 1.29 is 20.1 Å². The van der Waals surface area contributed by atoms with Crippen molar-refractivity contribution in [1.29, 1.82) is 0 Å². The molecule has 5 heteroatoms. The molecule has 0 aromatic heterocycles. The maximum absolute atomic E-state index is 12.3. The largest absolute Gasteiger partial charge is 0.394 e. The molecule has 0 aliphatic heterocycles. The normalized spacial score (nSPS) is 14.0. The third kappa shape index (κ3) is 27.3. The number of aliphatic hydroxyl groups excluding tert-OH is 3. The molecule has 0 aliphatic carbocycles. The monoisotopic (exact) mass is 568 g/mol. The lowest BCUT2D eigenvalue weighted by Gasteiger charge is -2.21. The SMILES string of the molecule is CCCCCCCCCCC/C=C/C(O)C(CO)NC(=O)CC(O)CCCCCCCCCCCCCCCC. The molecule has 1 amide bonds. The van der Waals surface area contributed by atoms with Crippen LogP contribution in [0.4, 0.5) is 0 Å². The van der Waals surface area contributed by atoms with Gasteiger partial charge in [0.25, 0.3) is 0 Å². The molecule has 0 spiro atoms. The molecule has 0 aliphatic rings. The quantitative estimate of drug-likeness (QED) is 0.0497. The van der Waals surface area contributed by atoms with E-state index < -0.39 is 18.2 Å². The maximum atomic E-state index is 12.3. The summed E-state index contributed by atoms with van der Waals surface area (Å²) in [5.74, 6) is -0.316. The van der Waals surface area contributed by atoms with Gasteiger partial charge < -0.3 is 20.6 Å². The van der Waals surface area contributed by atoms with E-state index in [-0.39, 0.29) is 18.9 Å². The fourth-order valence-electron chi connectivity index (χ4n) is 5.34. The Kier molecular flexibility index (Phi) is 30.3. The second kappa shape index (κ2) is 31.0. The minimum absolute atomic E-state index is 0.0177. The van der Waals surface area contributed by atoms with E-state index in [0.717, 1.165) is 25.7 Å². The van der Waals surface area contributed by atoms with Crippen LogP contribution in [0.2, 0.25) is 0 Å². The van der Waals surface area contributed by atoms with Gasteiger partial charge in [-0.15, -0.1) is 0 Å². The molecule has 3 unspecified atom stereocenters. The summed E-state index contributed by atoms with van der Waals surface area (Å²) in [6, 6.07) is -0.736. The molecule has 3 atom stereocenters. The third-order valence-electron chi connectivity index (χ3n) is 8.07. The lowest BCUT2D eigenvalue weighted by molar-refractivity contribution is -0.124. The topological polar surface area (TPSA) is 89.8 Å². The lowest BCUT2D eigenvalue weighted by atomic mass is 10.0. The fraction of sp³-hybridized carbons (Fsp3) is 0.914. The first-order valence-electron chi connectivity index (χ1n) is 17.5. The number of nitrogens with one attached hydrogen (secondary N) is 1. The number of aliphatic hydroxyl groups is 3. The van der Waals surface area contributed by atoms with Crippen LogP contribution in [0.1, 0.15) is 181 Å². The standard InChI is InChI=1S/C35H69NO4/c1-3-5-7-9-11-13-15-16-17-19-20-22-24-26-28-32(38)30-35(40)36-33(31-37)34(39)29-27-25-23-21-18-14-12-10-8-6-4-2/h27,29,32-34,37-39H,3-26,28,30-31H2,1-2H3,(H,36,40)/b29-27+. The molecule has 0 radical (unpaired) electrons. The Hall–Kier alpha value is -0.910. The second-order valence-corrected chi connectivity index (χ2v) is 12.1. The van der Waals surface area contributed by atoms with Crippen LogP contribution in [0, 0.1) is 0 Å². The highest BCUT2D eigenvalue weighted by molar-refractivity contribution is 5.76. The summed E-state index contributed by atoms with van der Waals surface area (Å²) >= 11 is 0. The zero-order valence-corrected chi connectivity index (χ0v) is 26.7. The van der Waals surface area contributed by atoms with Crippen molar-refractivity contribution in [2.24, 2.45) is 0 Å². The number of unbranched alkanes of at least 4 members (excludes halogenated alkanes) is 22. The smallest absolute Gasteiger partial charge is 0.222 e. The lowest BCUT2D eigenvalue weighted by Crippen LogP contribution is -2.45. The molecule has 238 valence electrons. The average Bonchev–Trinajstić information content (AvgIpc) is 2.94. The average molecular weight is 568 g/mol. The summed E-state index contributed by atoms with van der Waals surface area (Å²) in [7, 11) is 0. The zero-order valence-electron chi connectivity index (χ0n) is 26.7. The number of carbonyl (C=O) groups is 1.